The number of rotatable bonds is 7. The molecule has 0 heterocycles. The van der Waals surface area contributed by atoms with Crippen molar-refractivity contribution in [3.8, 4) is 0 Å². The number of carbonyl (C=O) groups is 2. The lowest BCUT2D eigenvalue weighted by Gasteiger charge is -2.23. The van der Waals surface area contributed by atoms with Crippen LogP contribution in [0.5, 0.6) is 0 Å². The van der Waals surface area contributed by atoms with Crippen LogP contribution in [0.4, 0.5) is 0 Å². The van der Waals surface area contributed by atoms with Crippen molar-refractivity contribution in [1.82, 2.24) is 4.90 Å². The van der Waals surface area contributed by atoms with Crippen LogP contribution in [-0.4, -0.2) is 40.7 Å². The van der Waals surface area contributed by atoms with E-state index in [1.165, 1.54) is 4.90 Å². The topological polar surface area (TPSA) is 57.6 Å². The van der Waals surface area contributed by atoms with Crippen molar-refractivity contribution in [2.24, 2.45) is 0 Å². The molecule has 5 heteroatoms. The number of aliphatic hydroxyl groups excluding tert-OH is 1. The number of amides is 1. The minimum Gasteiger partial charge on any atom is -0.396 e. The van der Waals surface area contributed by atoms with E-state index in [9.17, 15) is 9.59 Å². The highest BCUT2D eigenvalue weighted by Crippen LogP contribution is 2.18. The Morgan fingerprint density at radius 1 is 1.26 bits per heavy atom. The average molecular weight is 282 g/mol. The van der Waals surface area contributed by atoms with Gasteiger partial charge in [0.15, 0.2) is 0 Å². The van der Waals surface area contributed by atoms with Crippen LogP contribution < -0.4 is 0 Å². The molecule has 0 unspecified atom stereocenters. The summed E-state index contributed by atoms with van der Waals surface area (Å²) in [4.78, 5) is 24.6. The maximum atomic E-state index is 11.9. The van der Waals surface area contributed by atoms with Crippen LogP contribution in [0.25, 0.3) is 5.70 Å². The number of hydrogen-bond donors (Lipinski definition) is 1. The second kappa shape index (κ2) is 7.71. The lowest BCUT2D eigenvalue weighted by atomic mass is 10.1. The number of benzene rings is 1. The molecular weight excluding hydrogens is 266 g/mol. The number of alkyl halides is 1. The molecule has 0 aliphatic carbocycles. The van der Waals surface area contributed by atoms with Crippen LogP contribution in [0.15, 0.2) is 36.9 Å². The number of hydrogen-bond acceptors (Lipinski definition) is 3. The summed E-state index contributed by atoms with van der Waals surface area (Å²) in [5, 5.41) is 8.87. The highest BCUT2D eigenvalue weighted by molar-refractivity contribution is 6.47. The standard InChI is InChI=1S/C14H16ClNO3/c1-11(12-6-3-2-4-7-12)16(8-5-9-17)14(19)13(18)10-15/h2-4,6-7,17H,1,5,8-10H2. The molecule has 1 N–H and O–H groups in total. The summed E-state index contributed by atoms with van der Waals surface area (Å²) >= 11 is 5.40. The van der Waals surface area contributed by atoms with Crippen molar-refractivity contribution in [3.63, 3.8) is 0 Å². The molecule has 19 heavy (non-hydrogen) atoms. The summed E-state index contributed by atoms with van der Waals surface area (Å²) in [6.07, 6.45) is 0.368. The van der Waals surface area contributed by atoms with Gasteiger partial charge in [-0.25, -0.2) is 0 Å². The van der Waals surface area contributed by atoms with Crippen LogP contribution in [0.1, 0.15) is 12.0 Å². The van der Waals surface area contributed by atoms with E-state index in [0.717, 1.165) is 5.56 Å². The Kier molecular flexibility index (Phi) is 6.25. The summed E-state index contributed by atoms with van der Waals surface area (Å²) in [7, 11) is 0. The van der Waals surface area contributed by atoms with Gasteiger partial charge in [-0.2, -0.15) is 0 Å². The molecule has 1 rings (SSSR count). The third-order valence-electron chi connectivity index (χ3n) is 2.58. The van der Waals surface area contributed by atoms with Crippen molar-refractivity contribution in [2.45, 2.75) is 6.42 Å². The first-order valence-corrected chi connectivity index (χ1v) is 6.41. The molecule has 1 amide bonds. The zero-order valence-corrected chi connectivity index (χ0v) is 11.3. The van der Waals surface area contributed by atoms with E-state index in [1.54, 1.807) is 12.1 Å². The van der Waals surface area contributed by atoms with Gasteiger partial charge < -0.3 is 10.0 Å². The summed E-state index contributed by atoms with van der Waals surface area (Å²) < 4.78 is 0. The fourth-order valence-corrected chi connectivity index (χ4v) is 1.70. The zero-order chi connectivity index (χ0) is 14.3. The molecule has 1 aromatic carbocycles. The minimum atomic E-state index is -0.697. The highest BCUT2D eigenvalue weighted by Gasteiger charge is 2.23. The van der Waals surface area contributed by atoms with Gasteiger partial charge in [0.25, 0.3) is 5.91 Å². The molecule has 0 atom stereocenters. The Labute approximate surface area is 117 Å². The van der Waals surface area contributed by atoms with Gasteiger partial charge in [-0.15, -0.1) is 11.6 Å². The van der Waals surface area contributed by atoms with Crippen LogP contribution in [-0.2, 0) is 9.59 Å². The van der Waals surface area contributed by atoms with Gasteiger partial charge in [0.2, 0.25) is 5.78 Å². The van der Waals surface area contributed by atoms with E-state index < -0.39 is 11.7 Å². The Bertz CT molecular complexity index is 459. The summed E-state index contributed by atoms with van der Waals surface area (Å²) in [6.45, 7) is 4.00. The van der Waals surface area contributed by atoms with Crippen molar-refractivity contribution in [1.29, 1.82) is 0 Å². The van der Waals surface area contributed by atoms with E-state index in [1.807, 2.05) is 18.2 Å². The van der Waals surface area contributed by atoms with Gasteiger partial charge in [0.1, 0.15) is 0 Å². The van der Waals surface area contributed by atoms with Crippen LogP contribution >= 0.6 is 11.6 Å². The summed E-state index contributed by atoms with van der Waals surface area (Å²) in [6, 6.07) is 9.08. The van der Waals surface area contributed by atoms with E-state index in [2.05, 4.69) is 6.58 Å². The van der Waals surface area contributed by atoms with E-state index in [4.69, 9.17) is 16.7 Å². The predicted octanol–water partition coefficient (Wildman–Crippen LogP) is 1.68. The second-order valence-corrected chi connectivity index (χ2v) is 4.17. The largest absolute Gasteiger partial charge is 0.396 e. The molecule has 0 spiro atoms. The molecule has 4 nitrogen and oxygen atoms in total. The molecule has 0 bridgehead atoms. The maximum absolute atomic E-state index is 11.9. The Hall–Kier alpha value is -1.65. The van der Waals surface area contributed by atoms with Crippen LogP contribution in [0.3, 0.4) is 0 Å². The van der Waals surface area contributed by atoms with Gasteiger partial charge >= 0.3 is 0 Å². The lowest BCUT2D eigenvalue weighted by Crippen LogP contribution is -2.36. The number of ketones is 1. The Morgan fingerprint density at radius 2 is 1.89 bits per heavy atom. The molecule has 102 valence electrons. The molecule has 0 saturated heterocycles. The monoisotopic (exact) mass is 281 g/mol. The van der Waals surface area contributed by atoms with Gasteiger partial charge in [-0.1, -0.05) is 36.9 Å². The van der Waals surface area contributed by atoms with Gasteiger partial charge in [-0.05, 0) is 12.0 Å². The first-order valence-electron chi connectivity index (χ1n) is 5.87. The average Bonchev–Trinajstić information content (AvgIpc) is 2.47. The molecule has 0 fully saturated rings. The minimum absolute atomic E-state index is 0.0685. The smallest absolute Gasteiger partial charge is 0.295 e. The SMILES string of the molecule is C=C(c1ccccc1)N(CCCO)C(=O)C(=O)CCl. The third-order valence-corrected chi connectivity index (χ3v) is 2.82. The second-order valence-electron chi connectivity index (χ2n) is 3.90. The molecule has 0 saturated carbocycles. The van der Waals surface area contributed by atoms with Crippen molar-refractivity contribution < 1.29 is 14.7 Å². The fourth-order valence-electron chi connectivity index (χ4n) is 1.58. The quantitative estimate of drug-likeness (QED) is 0.611. The molecular formula is C14H16ClNO3. The van der Waals surface area contributed by atoms with Crippen LogP contribution in [0, 0.1) is 0 Å². The first-order chi connectivity index (χ1) is 9.11. The zero-order valence-electron chi connectivity index (χ0n) is 10.5. The van der Waals surface area contributed by atoms with E-state index in [0.29, 0.717) is 12.1 Å². The van der Waals surface area contributed by atoms with Crippen molar-refractivity contribution in [2.75, 3.05) is 19.0 Å². The van der Waals surface area contributed by atoms with Crippen LogP contribution in [0.2, 0.25) is 0 Å². The lowest BCUT2D eigenvalue weighted by molar-refractivity contribution is -0.141. The molecule has 0 aromatic heterocycles. The van der Waals surface area contributed by atoms with Crippen molar-refractivity contribution in [3.05, 3.63) is 42.5 Å². The molecule has 0 radical (unpaired) electrons. The fraction of sp³-hybridized carbons (Fsp3) is 0.286. The summed E-state index contributed by atoms with van der Waals surface area (Å²) in [5.41, 5.74) is 1.17. The van der Waals surface area contributed by atoms with Gasteiger partial charge in [0.05, 0.1) is 5.88 Å². The molecule has 0 aliphatic rings. The Morgan fingerprint density at radius 3 is 2.42 bits per heavy atom. The third kappa shape index (κ3) is 4.19. The molecule has 1 aromatic rings. The van der Waals surface area contributed by atoms with Gasteiger partial charge in [-0.3, -0.25) is 9.59 Å². The number of nitrogens with zero attached hydrogens (tertiary/aromatic N) is 1. The predicted molar refractivity (Wildman–Crippen MR) is 74.6 cm³/mol. The molecule has 0 aliphatic heterocycles. The highest BCUT2D eigenvalue weighted by atomic mass is 35.5. The first kappa shape index (κ1) is 15.4. The Balaban J connectivity index is 2.93. The number of Topliss-reactive ketones (excluding diaryl/α,β-unsaturated/α-hetero) is 1. The maximum Gasteiger partial charge on any atom is 0.295 e. The number of carbonyl (C=O) groups excluding carboxylic acids is 2. The normalized spacial score (nSPS) is 10.0. The van der Waals surface area contributed by atoms with E-state index >= 15 is 0 Å². The number of aliphatic hydroxyl groups is 1. The van der Waals surface area contributed by atoms with E-state index in [-0.39, 0.29) is 19.0 Å². The van der Waals surface area contributed by atoms with Gasteiger partial charge in [0, 0.05) is 18.8 Å². The van der Waals surface area contributed by atoms with Crippen molar-refractivity contribution >= 4 is 29.0 Å². The summed E-state index contributed by atoms with van der Waals surface area (Å²) in [5.74, 6) is -1.75. The number of halogens is 1.